The molecule has 2 N–H and O–H groups in total. The monoisotopic (exact) mass is 259 g/mol. The Morgan fingerprint density at radius 1 is 1.33 bits per heavy atom. The van der Waals surface area contributed by atoms with Gasteiger partial charge in [0, 0.05) is 5.41 Å². The molecular weight excluding hydrogens is 241 g/mol. The van der Waals surface area contributed by atoms with Crippen LogP contribution in [0.4, 0.5) is 9.18 Å². The van der Waals surface area contributed by atoms with Gasteiger partial charge in [0.05, 0.1) is 0 Å². The fourth-order valence-electron chi connectivity index (χ4n) is 2.95. The number of halogens is 1. The zero-order valence-corrected chi connectivity index (χ0v) is 10.7. The van der Waals surface area contributed by atoms with Crippen molar-refractivity contribution in [2.75, 3.05) is 0 Å². The van der Waals surface area contributed by atoms with Crippen molar-refractivity contribution in [1.29, 1.82) is 0 Å². The van der Waals surface area contributed by atoms with E-state index in [0.29, 0.717) is 0 Å². The fourth-order valence-corrected chi connectivity index (χ4v) is 2.95. The fraction of sp³-hybridized carbons (Fsp3) is 0.833. The van der Waals surface area contributed by atoms with Crippen LogP contribution in [-0.4, -0.2) is 34.5 Å². The number of carboxylic acids is 1. The van der Waals surface area contributed by atoms with Crippen LogP contribution in [0.5, 0.6) is 0 Å². The van der Waals surface area contributed by atoms with Gasteiger partial charge < -0.3 is 15.2 Å². The first kappa shape index (κ1) is 13.1. The van der Waals surface area contributed by atoms with E-state index < -0.39 is 34.8 Å². The Kier molecular flexibility index (Phi) is 2.61. The zero-order valence-electron chi connectivity index (χ0n) is 10.7. The zero-order chi connectivity index (χ0) is 13.8. The topological polar surface area (TPSA) is 75.6 Å². The van der Waals surface area contributed by atoms with Crippen molar-refractivity contribution in [3.8, 4) is 0 Å². The molecule has 3 rings (SSSR count). The number of nitrogens with one attached hydrogen (secondary N) is 1. The number of carbonyl (C=O) groups is 2. The summed E-state index contributed by atoms with van der Waals surface area (Å²) in [6.45, 7) is 5.08. The van der Waals surface area contributed by atoms with Crippen molar-refractivity contribution in [1.82, 2.24) is 5.32 Å². The number of rotatable bonds is 3. The summed E-state index contributed by atoms with van der Waals surface area (Å²) in [4.78, 5) is 22.7. The summed E-state index contributed by atoms with van der Waals surface area (Å²) < 4.78 is 18.4. The molecule has 18 heavy (non-hydrogen) atoms. The minimum absolute atomic E-state index is 0.215. The first-order valence-electron chi connectivity index (χ1n) is 5.97. The predicted octanol–water partition coefficient (Wildman–Crippen LogP) is 1.86. The van der Waals surface area contributed by atoms with E-state index in [2.05, 4.69) is 5.32 Å². The molecule has 6 heteroatoms. The van der Waals surface area contributed by atoms with Crippen LogP contribution >= 0.6 is 0 Å². The maximum absolute atomic E-state index is 13.4. The molecule has 0 spiro atoms. The summed E-state index contributed by atoms with van der Waals surface area (Å²) in [5.41, 5.74) is -2.49. The second-order valence-electron chi connectivity index (χ2n) is 6.46. The highest BCUT2D eigenvalue weighted by Crippen LogP contribution is 2.70. The summed E-state index contributed by atoms with van der Waals surface area (Å²) in [6, 6.07) is -1.06. The molecule has 0 aliphatic heterocycles. The maximum Gasteiger partial charge on any atom is 0.408 e. The smallest absolute Gasteiger partial charge is 0.408 e. The number of carboxylic acid groups (broad SMARTS) is 1. The number of ether oxygens (including phenoxy) is 1. The minimum atomic E-state index is -1.19. The SMILES string of the molecule is CC(C)(C)OC(=O)N[C@H](C(=O)O)C12CC(F)(C1)C2. The number of hydrogen-bond donors (Lipinski definition) is 2. The van der Waals surface area contributed by atoms with Gasteiger partial charge in [-0.1, -0.05) is 0 Å². The first-order chi connectivity index (χ1) is 8.05. The second kappa shape index (κ2) is 3.59. The number of aliphatic carboxylic acids is 1. The van der Waals surface area contributed by atoms with E-state index in [1.165, 1.54) is 0 Å². The molecule has 0 aromatic rings. The van der Waals surface area contributed by atoms with Crippen LogP contribution in [0.15, 0.2) is 0 Å². The molecule has 3 aliphatic carbocycles. The summed E-state index contributed by atoms with van der Waals surface area (Å²) in [6.07, 6.45) is -0.126. The Morgan fingerprint density at radius 2 is 1.83 bits per heavy atom. The molecule has 1 atom stereocenters. The highest BCUT2D eigenvalue weighted by Gasteiger charge is 2.73. The van der Waals surface area contributed by atoms with E-state index in [9.17, 15) is 14.0 Å². The van der Waals surface area contributed by atoms with Gasteiger partial charge in [-0.15, -0.1) is 0 Å². The quantitative estimate of drug-likeness (QED) is 0.811. The third kappa shape index (κ3) is 2.15. The molecule has 5 nitrogen and oxygen atoms in total. The first-order valence-corrected chi connectivity index (χ1v) is 5.97. The lowest BCUT2D eigenvalue weighted by atomic mass is 9.40. The Bertz CT molecular complexity index is 382. The number of amides is 1. The van der Waals surface area contributed by atoms with Gasteiger partial charge in [-0.3, -0.25) is 0 Å². The van der Waals surface area contributed by atoms with Gasteiger partial charge in [0.1, 0.15) is 17.3 Å². The lowest BCUT2D eigenvalue weighted by Gasteiger charge is -2.67. The van der Waals surface area contributed by atoms with Gasteiger partial charge in [-0.05, 0) is 40.0 Å². The molecule has 0 unspecified atom stereocenters. The van der Waals surface area contributed by atoms with Crippen molar-refractivity contribution in [3.63, 3.8) is 0 Å². The number of alkyl carbamates (subject to hydrolysis) is 1. The Morgan fingerprint density at radius 3 is 2.17 bits per heavy atom. The van der Waals surface area contributed by atoms with Crippen molar-refractivity contribution in [2.45, 2.75) is 57.3 Å². The summed E-state index contributed by atoms with van der Waals surface area (Å²) >= 11 is 0. The second-order valence-corrected chi connectivity index (χ2v) is 6.46. The Balaban J connectivity index is 1.97. The van der Waals surface area contributed by atoms with E-state index in [4.69, 9.17) is 9.84 Å². The van der Waals surface area contributed by atoms with Gasteiger partial charge in [0.15, 0.2) is 0 Å². The van der Waals surface area contributed by atoms with Crippen molar-refractivity contribution in [3.05, 3.63) is 0 Å². The predicted molar refractivity (Wildman–Crippen MR) is 60.9 cm³/mol. The van der Waals surface area contributed by atoms with Crippen molar-refractivity contribution < 1.29 is 23.8 Å². The molecule has 0 radical (unpaired) electrons. The standard InChI is InChI=1S/C12H18FNO4/c1-10(2,3)18-9(17)14-7(8(15)16)11-4-12(13,5-11)6-11/h7H,4-6H2,1-3H3,(H,14,17)(H,15,16)/t7-,11?,12?/m1/s1. The normalized spacial score (nSPS) is 34.9. The van der Waals surface area contributed by atoms with Crippen LogP contribution in [0.3, 0.4) is 0 Å². The van der Waals surface area contributed by atoms with Gasteiger partial charge in [-0.25, -0.2) is 14.0 Å². The highest BCUT2D eigenvalue weighted by molar-refractivity contribution is 5.81. The average Bonchev–Trinajstić information content (AvgIpc) is 2.04. The maximum atomic E-state index is 13.4. The van der Waals surface area contributed by atoms with E-state index in [-0.39, 0.29) is 19.3 Å². The molecule has 0 aromatic heterocycles. The van der Waals surface area contributed by atoms with Crippen LogP contribution in [0.2, 0.25) is 0 Å². The lowest BCUT2D eigenvalue weighted by Crippen LogP contribution is -2.73. The molecule has 102 valence electrons. The van der Waals surface area contributed by atoms with Gasteiger partial charge in [0.2, 0.25) is 0 Å². The van der Waals surface area contributed by atoms with Gasteiger partial charge in [-0.2, -0.15) is 0 Å². The number of carbonyl (C=O) groups excluding carboxylic acids is 1. The summed E-state index contributed by atoms with van der Waals surface area (Å²) in [5, 5.41) is 11.5. The van der Waals surface area contributed by atoms with Crippen LogP contribution in [0, 0.1) is 5.41 Å². The summed E-state index contributed by atoms with van der Waals surface area (Å²) in [5.74, 6) is -1.14. The van der Waals surface area contributed by atoms with Crippen LogP contribution < -0.4 is 5.32 Å². The third-order valence-electron chi connectivity index (χ3n) is 3.53. The summed E-state index contributed by atoms with van der Waals surface area (Å²) in [7, 11) is 0. The Labute approximate surface area is 105 Å². The van der Waals surface area contributed by atoms with Gasteiger partial charge in [0.25, 0.3) is 0 Å². The van der Waals surface area contributed by atoms with E-state index in [0.717, 1.165) is 0 Å². The third-order valence-corrected chi connectivity index (χ3v) is 3.53. The molecule has 0 heterocycles. The molecular formula is C12H18FNO4. The lowest BCUT2D eigenvalue weighted by molar-refractivity contribution is -0.230. The van der Waals surface area contributed by atoms with E-state index in [1.807, 2.05) is 0 Å². The van der Waals surface area contributed by atoms with Crippen molar-refractivity contribution in [2.24, 2.45) is 5.41 Å². The molecule has 0 saturated heterocycles. The average molecular weight is 259 g/mol. The van der Waals surface area contributed by atoms with Crippen LogP contribution in [0.25, 0.3) is 0 Å². The van der Waals surface area contributed by atoms with Gasteiger partial charge >= 0.3 is 12.1 Å². The molecule has 1 amide bonds. The van der Waals surface area contributed by atoms with Crippen molar-refractivity contribution >= 4 is 12.1 Å². The van der Waals surface area contributed by atoms with Crippen LogP contribution in [0.1, 0.15) is 40.0 Å². The number of hydrogen-bond acceptors (Lipinski definition) is 3. The molecule has 2 bridgehead atoms. The molecule has 3 fully saturated rings. The largest absolute Gasteiger partial charge is 0.480 e. The number of alkyl halides is 1. The molecule has 0 aromatic carbocycles. The minimum Gasteiger partial charge on any atom is -0.480 e. The highest BCUT2D eigenvalue weighted by atomic mass is 19.1. The molecule has 3 saturated carbocycles. The van der Waals surface area contributed by atoms with Crippen LogP contribution in [-0.2, 0) is 9.53 Å². The van der Waals surface area contributed by atoms with E-state index in [1.54, 1.807) is 20.8 Å². The van der Waals surface area contributed by atoms with E-state index >= 15 is 0 Å². The Hall–Kier alpha value is -1.33. The molecule has 3 aliphatic rings.